The zero-order valence-corrected chi connectivity index (χ0v) is 7.45. The van der Waals surface area contributed by atoms with E-state index in [0.717, 1.165) is 18.7 Å². The Kier molecular flexibility index (Phi) is 3.26. The Morgan fingerprint density at radius 2 is 2.64 bits per heavy atom. The van der Waals surface area contributed by atoms with Gasteiger partial charge in [-0.15, -0.1) is 11.3 Å². The largest absolute Gasteiger partial charge is 0.308 e. The van der Waals surface area contributed by atoms with Crippen LogP contribution in [0.15, 0.2) is 23.9 Å². The summed E-state index contributed by atoms with van der Waals surface area (Å²) < 4.78 is 0. The Hall–Kier alpha value is -0.670. The summed E-state index contributed by atoms with van der Waals surface area (Å²) in [7, 11) is 0. The van der Waals surface area contributed by atoms with E-state index in [4.69, 9.17) is 0 Å². The summed E-state index contributed by atoms with van der Waals surface area (Å²) in [6.45, 7) is 7.60. The number of nitrogens with zero attached hydrogens (tertiary/aromatic N) is 1. The van der Waals surface area contributed by atoms with Crippen LogP contribution >= 0.6 is 11.3 Å². The summed E-state index contributed by atoms with van der Waals surface area (Å²) in [6, 6.07) is 0. The second-order valence-corrected chi connectivity index (χ2v) is 3.50. The molecule has 0 saturated carbocycles. The summed E-state index contributed by atoms with van der Waals surface area (Å²) >= 11 is 1.67. The highest BCUT2D eigenvalue weighted by molar-refractivity contribution is 7.09. The van der Waals surface area contributed by atoms with Gasteiger partial charge in [0.15, 0.2) is 0 Å². The molecule has 1 rings (SSSR count). The number of aromatic nitrogens is 1. The zero-order chi connectivity index (χ0) is 8.10. The maximum atomic E-state index is 3.98. The predicted molar refractivity (Wildman–Crippen MR) is 48.6 cm³/mol. The summed E-state index contributed by atoms with van der Waals surface area (Å²) in [5.74, 6) is 0. The topological polar surface area (TPSA) is 24.9 Å². The van der Waals surface area contributed by atoms with Crippen molar-refractivity contribution in [3.8, 4) is 0 Å². The fourth-order valence-corrected chi connectivity index (χ4v) is 1.29. The Bertz CT molecular complexity index is 216. The quantitative estimate of drug-likeness (QED) is 0.693. The van der Waals surface area contributed by atoms with Crippen molar-refractivity contribution in [3.63, 3.8) is 0 Å². The van der Waals surface area contributed by atoms with Crippen molar-refractivity contribution >= 4 is 11.3 Å². The number of thiazole rings is 1. The molecule has 11 heavy (non-hydrogen) atoms. The van der Waals surface area contributed by atoms with Crippen LogP contribution in [-0.2, 0) is 6.54 Å². The second kappa shape index (κ2) is 4.26. The molecule has 60 valence electrons. The molecule has 1 aromatic heterocycles. The van der Waals surface area contributed by atoms with Crippen LogP contribution in [0.3, 0.4) is 0 Å². The van der Waals surface area contributed by atoms with Crippen LogP contribution in [0.1, 0.15) is 11.8 Å². The minimum Gasteiger partial charge on any atom is -0.308 e. The Morgan fingerprint density at radius 1 is 1.82 bits per heavy atom. The monoisotopic (exact) mass is 168 g/mol. The van der Waals surface area contributed by atoms with Crippen LogP contribution in [-0.4, -0.2) is 11.5 Å². The predicted octanol–water partition coefficient (Wildman–Crippen LogP) is 1.81. The van der Waals surface area contributed by atoms with Crippen molar-refractivity contribution in [3.05, 3.63) is 28.7 Å². The second-order valence-electron chi connectivity index (χ2n) is 2.53. The van der Waals surface area contributed by atoms with Gasteiger partial charge in [-0.1, -0.05) is 12.2 Å². The van der Waals surface area contributed by atoms with Gasteiger partial charge in [0, 0.05) is 24.2 Å². The van der Waals surface area contributed by atoms with Crippen molar-refractivity contribution in [1.82, 2.24) is 10.3 Å². The van der Waals surface area contributed by atoms with E-state index < -0.39 is 0 Å². The lowest BCUT2D eigenvalue weighted by Crippen LogP contribution is -2.14. The van der Waals surface area contributed by atoms with Crippen molar-refractivity contribution in [2.45, 2.75) is 13.5 Å². The van der Waals surface area contributed by atoms with E-state index in [9.17, 15) is 0 Å². The minimum atomic E-state index is 0.887. The first-order chi connectivity index (χ1) is 5.29. The molecule has 0 aliphatic rings. The third-order valence-electron chi connectivity index (χ3n) is 1.21. The summed E-state index contributed by atoms with van der Waals surface area (Å²) in [6.07, 6.45) is 1.89. The van der Waals surface area contributed by atoms with E-state index in [1.807, 2.05) is 18.6 Å². The standard InChI is InChI=1S/C8H12N2S/c1-7(2)3-9-4-8-5-10-6-11-8/h5-6,9H,1,3-4H2,2H3. The molecular formula is C8H12N2S. The van der Waals surface area contributed by atoms with Gasteiger partial charge >= 0.3 is 0 Å². The van der Waals surface area contributed by atoms with Crippen molar-refractivity contribution in [2.24, 2.45) is 0 Å². The molecule has 0 unspecified atom stereocenters. The minimum absolute atomic E-state index is 0.887. The Morgan fingerprint density at radius 3 is 3.18 bits per heavy atom. The average Bonchev–Trinajstić information content (AvgIpc) is 2.39. The molecule has 0 spiro atoms. The van der Waals surface area contributed by atoms with Crippen molar-refractivity contribution in [2.75, 3.05) is 6.54 Å². The number of nitrogens with one attached hydrogen (secondary N) is 1. The van der Waals surface area contributed by atoms with Gasteiger partial charge in [0.05, 0.1) is 5.51 Å². The molecule has 3 heteroatoms. The maximum absolute atomic E-state index is 3.98. The van der Waals surface area contributed by atoms with E-state index in [2.05, 4.69) is 16.9 Å². The van der Waals surface area contributed by atoms with Crippen LogP contribution in [0.4, 0.5) is 0 Å². The molecule has 0 atom stereocenters. The average molecular weight is 168 g/mol. The molecule has 0 aliphatic carbocycles. The maximum Gasteiger partial charge on any atom is 0.0794 e. The van der Waals surface area contributed by atoms with E-state index >= 15 is 0 Å². The van der Waals surface area contributed by atoms with E-state index in [1.54, 1.807) is 11.3 Å². The molecule has 0 aliphatic heterocycles. The molecule has 0 saturated heterocycles. The highest BCUT2D eigenvalue weighted by Crippen LogP contribution is 2.03. The Labute approximate surface area is 71.0 Å². The van der Waals surface area contributed by atoms with Crippen LogP contribution in [0.25, 0.3) is 0 Å². The summed E-state index contributed by atoms with van der Waals surface area (Å²) in [5.41, 5.74) is 3.01. The third-order valence-corrected chi connectivity index (χ3v) is 1.99. The van der Waals surface area contributed by atoms with Gasteiger partial charge < -0.3 is 5.32 Å². The summed E-state index contributed by atoms with van der Waals surface area (Å²) in [5, 5.41) is 3.26. The number of rotatable bonds is 4. The molecule has 0 aromatic carbocycles. The number of hydrogen-bond acceptors (Lipinski definition) is 3. The molecule has 0 fully saturated rings. The third kappa shape index (κ3) is 3.30. The molecule has 0 radical (unpaired) electrons. The fraction of sp³-hybridized carbons (Fsp3) is 0.375. The first kappa shape index (κ1) is 8.43. The lowest BCUT2D eigenvalue weighted by molar-refractivity contribution is 0.749. The smallest absolute Gasteiger partial charge is 0.0794 e. The Balaban J connectivity index is 2.19. The molecule has 1 N–H and O–H groups in total. The molecule has 2 nitrogen and oxygen atoms in total. The van der Waals surface area contributed by atoms with Gasteiger partial charge in [-0.25, -0.2) is 0 Å². The van der Waals surface area contributed by atoms with Crippen molar-refractivity contribution in [1.29, 1.82) is 0 Å². The molecule has 0 amide bonds. The molecular weight excluding hydrogens is 156 g/mol. The van der Waals surface area contributed by atoms with Crippen LogP contribution in [0.2, 0.25) is 0 Å². The zero-order valence-electron chi connectivity index (χ0n) is 6.63. The van der Waals surface area contributed by atoms with Gasteiger partial charge in [-0.2, -0.15) is 0 Å². The van der Waals surface area contributed by atoms with E-state index in [1.165, 1.54) is 4.88 Å². The first-order valence-corrected chi connectivity index (χ1v) is 4.39. The van der Waals surface area contributed by atoms with Gasteiger partial charge in [0.1, 0.15) is 0 Å². The molecule has 1 aromatic rings. The summed E-state index contributed by atoms with van der Waals surface area (Å²) in [4.78, 5) is 5.25. The van der Waals surface area contributed by atoms with Crippen LogP contribution in [0, 0.1) is 0 Å². The normalized spacial score (nSPS) is 9.91. The van der Waals surface area contributed by atoms with Gasteiger partial charge in [-0.3, -0.25) is 4.98 Å². The van der Waals surface area contributed by atoms with Gasteiger partial charge in [0.2, 0.25) is 0 Å². The van der Waals surface area contributed by atoms with Crippen LogP contribution < -0.4 is 5.32 Å². The van der Waals surface area contributed by atoms with Crippen LogP contribution in [0.5, 0.6) is 0 Å². The SMILES string of the molecule is C=C(C)CNCc1cncs1. The molecule has 0 bridgehead atoms. The highest BCUT2D eigenvalue weighted by Gasteiger charge is 1.92. The fourth-order valence-electron chi connectivity index (χ4n) is 0.729. The lowest BCUT2D eigenvalue weighted by Gasteiger charge is -1.99. The lowest BCUT2D eigenvalue weighted by atomic mass is 10.3. The number of hydrogen-bond donors (Lipinski definition) is 1. The first-order valence-electron chi connectivity index (χ1n) is 3.51. The highest BCUT2D eigenvalue weighted by atomic mass is 32.1. The van der Waals surface area contributed by atoms with Gasteiger partial charge in [-0.05, 0) is 6.92 Å². The molecule has 1 heterocycles. The van der Waals surface area contributed by atoms with Gasteiger partial charge in [0.25, 0.3) is 0 Å². The van der Waals surface area contributed by atoms with Crippen molar-refractivity contribution < 1.29 is 0 Å². The van der Waals surface area contributed by atoms with E-state index in [0.29, 0.717) is 0 Å². The van der Waals surface area contributed by atoms with E-state index in [-0.39, 0.29) is 0 Å².